The van der Waals surface area contributed by atoms with Crippen molar-refractivity contribution in [3.05, 3.63) is 57.9 Å². The second kappa shape index (κ2) is 7.78. The average molecular weight is 408 g/mol. The molecule has 0 aliphatic carbocycles. The minimum atomic E-state index is -3.78. The summed E-state index contributed by atoms with van der Waals surface area (Å²) in [7, 11) is -3.78. The fourth-order valence-corrected chi connectivity index (χ4v) is 4.69. The molecule has 3 rings (SSSR count). The monoisotopic (exact) mass is 407 g/mol. The van der Waals surface area contributed by atoms with Crippen molar-refractivity contribution >= 4 is 49.3 Å². The summed E-state index contributed by atoms with van der Waals surface area (Å²) >= 11 is 7.57. The molecule has 0 saturated heterocycles. The summed E-state index contributed by atoms with van der Waals surface area (Å²) in [5, 5.41) is 1.61. The van der Waals surface area contributed by atoms with E-state index in [-0.39, 0.29) is 4.90 Å². The van der Waals surface area contributed by atoms with Gasteiger partial charge in [-0.2, -0.15) is 12.8 Å². The van der Waals surface area contributed by atoms with Crippen molar-refractivity contribution in [1.29, 1.82) is 0 Å². The normalized spacial score (nSPS) is 12.1. The Bertz CT molecular complexity index is 1070. The van der Waals surface area contributed by atoms with E-state index < -0.39 is 10.0 Å². The van der Waals surface area contributed by atoms with Crippen molar-refractivity contribution in [2.24, 2.45) is 4.40 Å². The van der Waals surface area contributed by atoms with Crippen molar-refractivity contribution in [1.82, 2.24) is 0 Å². The Balaban J connectivity index is 1.86. The number of rotatable bonds is 6. The number of fused-ring (bicyclic) bond motifs is 1. The van der Waals surface area contributed by atoms with Crippen molar-refractivity contribution in [3.8, 4) is 5.75 Å². The summed E-state index contributed by atoms with van der Waals surface area (Å²) in [4.78, 5) is 0.880. The molecular weight excluding hydrogens is 390 g/mol. The highest BCUT2D eigenvalue weighted by Crippen LogP contribution is 2.31. The van der Waals surface area contributed by atoms with Gasteiger partial charge in [0.05, 0.1) is 27.4 Å². The van der Waals surface area contributed by atoms with Gasteiger partial charge in [-0.05, 0) is 54.6 Å². The maximum Gasteiger partial charge on any atom is 0.282 e. The molecule has 7 heteroatoms. The number of thiophene rings is 1. The van der Waals surface area contributed by atoms with Gasteiger partial charge in [-0.15, -0.1) is 11.3 Å². The van der Waals surface area contributed by atoms with Crippen LogP contribution < -0.4 is 4.74 Å². The molecule has 0 saturated carbocycles. The van der Waals surface area contributed by atoms with Crippen molar-refractivity contribution < 1.29 is 13.2 Å². The fourth-order valence-electron chi connectivity index (χ4n) is 2.45. The molecule has 3 aromatic rings. The molecule has 0 fully saturated rings. The smallest absolute Gasteiger partial charge is 0.282 e. The van der Waals surface area contributed by atoms with E-state index in [2.05, 4.69) is 4.40 Å². The highest BCUT2D eigenvalue weighted by Gasteiger charge is 2.14. The maximum atomic E-state index is 12.5. The SMILES string of the molecule is CCCOc1ccc(S(=O)(=O)N=Cc2cc3cccc(Cl)c3s2)cc1C. The molecule has 0 amide bonds. The van der Waals surface area contributed by atoms with Crippen molar-refractivity contribution in [2.75, 3.05) is 6.61 Å². The van der Waals surface area contributed by atoms with Crippen molar-refractivity contribution in [2.45, 2.75) is 25.2 Å². The molecule has 0 bridgehead atoms. The van der Waals surface area contributed by atoms with Crippen molar-refractivity contribution in [3.63, 3.8) is 0 Å². The number of hydrogen-bond donors (Lipinski definition) is 0. The zero-order valence-corrected chi connectivity index (χ0v) is 16.8. The van der Waals surface area contributed by atoms with Gasteiger partial charge in [0.25, 0.3) is 10.0 Å². The second-order valence-electron chi connectivity index (χ2n) is 5.79. The van der Waals surface area contributed by atoms with Crippen LogP contribution in [0.5, 0.6) is 5.75 Å². The van der Waals surface area contributed by atoms with E-state index in [1.807, 2.05) is 38.1 Å². The third-order valence-electron chi connectivity index (χ3n) is 3.74. The fraction of sp³-hybridized carbons (Fsp3) is 0.211. The molecule has 136 valence electrons. The van der Waals surface area contributed by atoms with Gasteiger partial charge in [0, 0.05) is 4.88 Å². The lowest BCUT2D eigenvalue weighted by atomic mass is 10.2. The lowest BCUT2D eigenvalue weighted by molar-refractivity contribution is 0.315. The van der Waals surface area contributed by atoms with Crippen LogP contribution in [-0.4, -0.2) is 21.2 Å². The van der Waals surface area contributed by atoms with Crippen LogP contribution in [0, 0.1) is 6.92 Å². The summed E-state index contributed by atoms with van der Waals surface area (Å²) in [6.07, 6.45) is 2.26. The summed E-state index contributed by atoms with van der Waals surface area (Å²) in [6.45, 7) is 4.44. The molecule has 1 aromatic heterocycles. The molecule has 0 aliphatic heterocycles. The highest BCUT2D eigenvalue weighted by molar-refractivity contribution is 7.90. The lowest BCUT2D eigenvalue weighted by Gasteiger charge is -2.09. The van der Waals surface area contributed by atoms with Crippen LogP contribution >= 0.6 is 22.9 Å². The summed E-state index contributed by atoms with van der Waals surface area (Å²) in [6, 6.07) is 12.3. The highest BCUT2D eigenvalue weighted by atomic mass is 35.5. The Hall–Kier alpha value is -1.89. The average Bonchev–Trinajstić information content (AvgIpc) is 3.04. The zero-order chi connectivity index (χ0) is 18.7. The molecule has 0 radical (unpaired) electrons. The van der Waals surface area contributed by atoms with Crippen LogP contribution in [0.2, 0.25) is 5.02 Å². The Morgan fingerprint density at radius 2 is 2.04 bits per heavy atom. The van der Waals surface area contributed by atoms with Crippen LogP contribution in [0.3, 0.4) is 0 Å². The zero-order valence-electron chi connectivity index (χ0n) is 14.4. The van der Waals surface area contributed by atoms with Crippen LogP contribution in [0.4, 0.5) is 0 Å². The molecule has 0 aliphatic rings. The number of sulfonamides is 1. The maximum absolute atomic E-state index is 12.5. The molecule has 0 unspecified atom stereocenters. The number of aryl methyl sites for hydroxylation is 1. The van der Waals surface area contributed by atoms with E-state index in [0.717, 1.165) is 26.9 Å². The third kappa shape index (κ3) is 4.09. The second-order valence-corrected chi connectivity index (χ2v) is 8.92. The van der Waals surface area contributed by atoms with Gasteiger partial charge in [0.15, 0.2) is 0 Å². The molecule has 0 spiro atoms. The van der Waals surface area contributed by atoms with Crippen LogP contribution in [0.15, 0.2) is 51.8 Å². The lowest BCUT2D eigenvalue weighted by Crippen LogP contribution is -2.01. The van der Waals surface area contributed by atoms with E-state index in [4.69, 9.17) is 16.3 Å². The van der Waals surface area contributed by atoms with Gasteiger partial charge in [0.1, 0.15) is 5.75 Å². The molecule has 4 nitrogen and oxygen atoms in total. The largest absolute Gasteiger partial charge is 0.493 e. The Morgan fingerprint density at radius 1 is 1.23 bits per heavy atom. The van der Waals surface area contributed by atoms with Gasteiger partial charge >= 0.3 is 0 Å². The van der Waals surface area contributed by atoms with Crippen LogP contribution in [-0.2, 0) is 10.0 Å². The Kier molecular flexibility index (Phi) is 5.65. The number of nitrogens with zero attached hydrogens (tertiary/aromatic N) is 1. The van der Waals surface area contributed by atoms with Gasteiger partial charge in [-0.1, -0.05) is 30.7 Å². The van der Waals surface area contributed by atoms with E-state index in [0.29, 0.717) is 17.4 Å². The predicted octanol–water partition coefficient (Wildman–Crippen LogP) is 5.46. The topological polar surface area (TPSA) is 55.7 Å². The molecule has 2 aromatic carbocycles. The molecule has 1 heterocycles. The van der Waals surface area contributed by atoms with E-state index >= 15 is 0 Å². The predicted molar refractivity (Wildman–Crippen MR) is 109 cm³/mol. The summed E-state index contributed by atoms with van der Waals surface area (Å²) in [5.74, 6) is 0.689. The van der Waals surface area contributed by atoms with Gasteiger partial charge < -0.3 is 4.74 Å². The molecule has 0 atom stereocenters. The quantitative estimate of drug-likeness (QED) is 0.510. The summed E-state index contributed by atoms with van der Waals surface area (Å²) < 4.78 is 35.3. The first-order chi connectivity index (χ1) is 12.4. The third-order valence-corrected chi connectivity index (χ3v) is 6.52. The minimum absolute atomic E-state index is 0.147. The number of halogens is 1. The Labute approximate surface area is 162 Å². The molecule has 0 N–H and O–H groups in total. The first-order valence-corrected chi connectivity index (χ1v) is 10.8. The van der Waals surface area contributed by atoms with E-state index in [9.17, 15) is 8.42 Å². The number of ether oxygens (including phenoxy) is 1. The first-order valence-electron chi connectivity index (χ1n) is 8.12. The first kappa shape index (κ1) is 18.9. The number of benzene rings is 2. The van der Waals surface area contributed by atoms with Crippen LogP contribution in [0.1, 0.15) is 23.8 Å². The van der Waals surface area contributed by atoms with Gasteiger partial charge in [0.2, 0.25) is 0 Å². The van der Waals surface area contributed by atoms with Gasteiger partial charge in [-0.3, -0.25) is 0 Å². The Morgan fingerprint density at radius 3 is 2.73 bits per heavy atom. The van der Waals surface area contributed by atoms with Crippen LogP contribution in [0.25, 0.3) is 10.1 Å². The minimum Gasteiger partial charge on any atom is -0.493 e. The van der Waals surface area contributed by atoms with Gasteiger partial charge in [-0.25, -0.2) is 0 Å². The van der Waals surface area contributed by atoms with E-state index in [1.165, 1.54) is 23.6 Å². The molecule has 26 heavy (non-hydrogen) atoms. The van der Waals surface area contributed by atoms with E-state index in [1.54, 1.807) is 12.1 Å². The summed E-state index contributed by atoms with van der Waals surface area (Å²) in [5.41, 5.74) is 0.767. The standard InChI is InChI=1S/C19H18ClNO3S2/c1-3-9-24-18-8-7-16(10-13(18)2)26(22,23)21-12-15-11-14-5-4-6-17(20)19(14)25-15/h4-8,10-12H,3,9H2,1-2H3. The number of hydrogen-bond acceptors (Lipinski definition) is 4. The molecular formula is C19H18ClNO3S2.